The molecule has 0 aromatic heterocycles. The van der Waals surface area contributed by atoms with Crippen molar-refractivity contribution in [1.29, 1.82) is 0 Å². The molecule has 0 saturated carbocycles. The molecule has 0 aliphatic rings. The van der Waals surface area contributed by atoms with E-state index in [9.17, 15) is 19.8 Å². The van der Waals surface area contributed by atoms with E-state index in [0.29, 0.717) is 12.5 Å². The highest BCUT2D eigenvalue weighted by Crippen LogP contribution is 2.51. The Morgan fingerprint density at radius 3 is 1.60 bits per heavy atom. The van der Waals surface area contributed by atoms with Gasteiger partial charge in [-0.05, 0) is 110 Å². The average molecular weight is 661 g/mol. The van der Waals surface area contributed by atoms with Crippen LogP contribution in [-0.2, 0) is 31.4 Å². The van der Waals surface area contributed by atoms with E-state index in [4.69, 9.17) is 21.8 Å². The second-order valence-corrected chi connectivity index (χ2v) is 31.6. The molecule has 0 saturated heterocycles. The number of hydrogen-bond donors (Lipinski definition) is 2. The van der Waals surface area contributed by atoms with Crippen LogP contribution in [-0.4, -0.2) is 75.7 Å². The highest BCUT2D eigenvalue weighted by Gasteiger charge is 2.57. The SMILES string of the molecule is CC(c1ccc(O)cc1)C(C)(C(=O)OCCO)C(C)(C)C(=O)OCCC[Si](O[Si](C)(C)C)(O[Si](C)(C)C)O[Si](C)(C)C. The normalized spacial score (nSPS) is 15.6. The van der Waals surface area contributed by atoms with E-state index in [1.165, 1.54) is 0 Å². The number of carbonyl (C=O) groups excluding carboxylic acids is 2. The highest BCUT2D eigenvalue weighted by atomic mass is 28.5. The molecule has 2 N–H and O–H groups in total. The van der Waals surface area contributed by atoms with Crippen molar-refractivity contribution in [3.63, 3.8) is 0 Å². The fraction of sp³-hybridized carbons (Fsp3) is 0.724. The van der Waals surface area contributed by atoms with Crippen molar-refractivity contribution in [2.75, 3.05) is 19.8 Å². The van der Waals surface area contributed by atoms with Gasteiger partial charge in [0.2, 0.25) is 0 Å². The molecule has 0 spiro atoms. The number of aliphatic hydroxyl groups is 1. The Balaban J connectivity index is 3.26. The zero-order chi connectivity index (χ0) is 32.8. The van der Waals surface area contributed by atoms with Crippen LogP contribution in [0.5, 0.6) is 5.75 Å². The van der Waals surface area contributed by atoms with Gasteiger partial charge in [0.15, 0.2) is 25.0 Å². The van der Waals surface area contributed by atoms with Crippen molar-refractivity contribution in [3.8, 4) is 5.75 Å². The molecule has 1 rings (SSSR count). The minimum Gasteiger partial charge on any atom is -0.508 e. The summed E-state index contributed by atoms with van der Waals surface area (Å²) < 4.78 is 31.4. The van der Waals surface area contributed by atoms with Gasteiger partial charge in [-0.15, -0.1) is 0 Å². The van der Waals surface area contributed by atoms with Crippen LogP contribution >= 0.6 is 0 Å². The maximum absolute atomic E-state index is 13.7. The quantitative estimate of drug-likeness (QED) is 0.110. The van der Waals surface area contributed by atoms with Gasteiger partial charge in [0.25, 0.3) is 0 Å². The molecular weight excluding hydrogens is 605 g/mol. The molecule has 242 valence electrons. The number of phenols is 1. The molecular formula is C29H56O9Si4. The van der Waals surface area contributed by atoms with Gasteiger partial charge in [-0.2, -0.15) is 0 Å². The Morgan fingerprint density at radius 2 is 1.19 bits per heavy atom. The first-order valence-corrected chi connectivity index (χ1v) is 26.9. The summed E-state index contributed by atoms with van der Waals surface area (Å²) in [6.07, 6.45) is 0.493. The molecule has 1 aromatic rings. The summed E-state index contributed by atoms with van der Waals surface area (Å²) in [4.78, 5) is 27.2. The minimum atomic E-state index is -3.08. The topological polar surface area (TPSA) is 121 Å². The van der Waals surface area contributed by atoms with Crippen LogP contribution in [0.25, 0.3) is 0 Å². The second kappa shape index (κ2) is 14.6. The molecule has 9 nitrogen and oxygen atoms in total. The van der Waals surface area contributed by atoms with E-state index in [-0.39, 0.29) is 25.6 Å². The van der Waals surface area contributed by atoms with E-state index in [1.54, 1.807) is 45.0 Å². The molecule has 0 aliphatic heterocycles. The average Bonchev–Trinajstić information content (AvgIpc) is 2.80. The predicted molar refractivity (Wildman–Crippen MR) is 176 cm³/mol. The number of benzene rings is 1. The minimum absolute atomic E-state index is 0.100. The Morgan fingerprint density at radius 1 is 0.762 bits per heavy atom. The molecule has 42 heavy (non-hydrogen) atoms. The van der Waals surface area contributed by atoms with Crippen molar-refractivity contribution in [1.82, 2.24) is 0 Å². The third-order valence-electron chi connectivity index (χ3n) is 7.06. The number of carbonyl (C=O) groups is 2. The van der Waals surface area contributed by atoms with Gasteiger partial charge in [0.1, 0.15) is 12.4 Å². The first-order valence-electron chi connectivity index (χ1n) is 14.7. The lowest BCUT2D eigenvalue weighted by molar-refractivity contribution is -0.179. The van der Waals surface area contributed by atoms with E-state index in [0.717, 1.165) is 5.56 Å². The lowest BCUT2D eigenvalue weighted by Gasteiger charge is -2.44. The third kappa shape index (κ3) is 11.3. The summed E-state index contributed by atoms with van der Waals surface area (Å²) in [6.45, 7) is 25.7. The molecule has 0 amide bonds. The maximum Gasteiger partial charge on any atom is 0.469 e. The number of ether oxygens (including phenoxy) is 2. The Bertz CT molecular complexity index is 987. The van der Waals surface area contributed by atoms with Crippen LogP contribution < -0.4 is 0 Å². The number of phenolic OH excluding ortho intramolecular Hbond substituents is 1. The van der Waals surface area contributed by atoms with E-state index < -0.39 is 62.4 Å². The molecule has 0 heterocycles. The smallest absolute Gasteiger partial charge is 0.469 e. The van der Waals surface area contributed by atoms with Crippen LogP contribution in [0.2, 0.25) is 65.0 Å². The largest absolute Gasteiger partial charge is 0.508 e. The third-order valence-corrected chi connectivity index (χ3v) is 19.1. The number of rotatable bonds is 17. The Hall–Kier alpha value is -1.33. The van der Waals surface area contributed by atoms with Crippen LogP contribution in [0.4, 0.5) is 0 Å². The van der Waals surface area contributed by atoms with Crippen LogP contribution in [0, 0.1) is 10.8 Å². The summed E-state index contributed by atoms with van der Waals surface area (Å²) in [6, 6.07) is 7.05. The molecule has 2 atom stereocenters. The fourth-order valence-corrected chi connectivity index (χ4v) is 19.4. The zero-order valence-electron chi connectivity index (χ0n) is 28.2. The Kier molecular flexibility index (Phi) is 13.5. The predicted octanol–water partition coefficient (Wildman–Crippen LogP) is 6.49. The molecule has 0 radical (unpaired) electrons. The molecule has 1 aromatic carbocycles. The molecule has 2 unspecified atom stereocenters. The van der Waals surface area contributed by atoms with Gasteiger partial charge >= 0.3 is 20.7 Å². The fourth-order valence-electron chi connectivity index (χ4n) is 4.82. The Labute approximate surface area is 258 Å². The highest BCUT2D eigenvalue weighted by molar-refractivity contribution is 6.90. The van der Waals surface area contributed by atoms with Crippen molar-refractivity contribution in [3.05, 3.63) is 29.8 Å². The van der Waals surface area contributed by atoms with Crippen LogP contribution in [0.1, 0.15) is 45.6 Å². The maximum atomic E-state index is 13.7. The lowest BCUT2D eigenvalue weighted by Crippen LogP contribution is -2.60. The summed E-state index contributed by atoms with van der Waals surface area (Å²) in [7, 11) is -9.19. The summed E-state index contributed by atoms with van der Waals surface area (Å²) in [5, 5.41) is 19.1. The summed E-state index contributed by atoms with van der Waals surface area (Å²) in [5.74, 6) is -1.52. The van der Waals surface area contributed by atoms with Gasteiger partial charge in [0.05, 0.1) is 24.0 Å². The van der Waals surface area contributed by atoms with Crippen molar-refractivity contribution in [2.45, 2.75) is 105 Å². The van der Waals surface area contributed by atoms with Crippen LogP contribution in [0.3, 0.4) is 0 Å². The number of aliphatic hydroxyl groups excluding tert-OH is 1. The zero-order valence-corrected chi connectivity index (χ0v) is 32.2. The number of hydrogen-bond acceptors (Lipinski definition) is 9. The molecule has 0 bridgehead atoms. The van der Waals surface area contributed by atoms with E-state index in [1.807, 2.05) is 6.92 Å². The molecule has 0 aliphatic carbocycles. The van der Waals surface area contributed by atoms with Crippen molar-refractivity contribution >= 4 is 45.7 Å². The van der Waals surface area contributed by atoms with Crippen molar-refractivity contribution < 1.29 is 41.6 Å². The van der Waals surface area contributed by atoms with Crippen molar-refractivity contribution in [2.24, 2.45) is 10.8 Å². The van der Waals surface area contributed by atoms with E-state index in [2.05, 4.69) is 58.9 Å². The van der Waals surface area contributed by atoms with Gasteiger partial charge in [-0.1, -0.05) is 19.1 Å². The monoisotopic (exact) mass is 660 g/mol. The number of esters is 2. The number of aromatic hydroxyl groups is 1. The van der Waals surface area contributed by atoms with Gasteiger partial charge in [-0.3, -0.25) is 9.59 Å². The molecule has 0 fully saturated rings. The standard InChI is InChI=1S/C29H56O9Si4/c1-23(24-15-17-25(31)18-16-24)29(4,27(33)35-21-19-30)28(2,3)26(32)34-20-14-22-42(36-39(5,6)7,37-40(8,9)10)38-41(11,12)13/h15-18,23,30-31H,14,19-22H2,1-13H3. The van der Waals surface area contributed by atoms with E-state index >= 15 is 0 Å². The van der Waals surface area contributed by atoms with Gasteiger partial charge < -0.3 is 32.0 Å². The van der Waals surface area contributed by atoms with Crippen LogP contribution in [0.15, 0.2) is 24.3 Å². The lowest BCUT2D eigenvalue weighted by atomic mass is 9.58. The molecule has 13 heteroatoms. The summed E-state index contributed by atoms with van der Waals surface area (Å²) in [5.41, 5.74) is -1.90. The second-order valence-electron chi connectivity index (χ2n) is 14.6. The first-order chi connectivity index (χ1) is 18.9. The van der Waals surface area contributed by atoms with Gasteiger partial charge in [-0.25, -0.2) is 0 Å². The summed E-state index contributed by atoms with van der Waals surface area (Å²) >= 11 is 0. The first kappa shape index (κ1) is 38.7. The van der Waals surface area contributed by atoms with Gasteiger partial charge in [0, 0.05) is 6.04 Å².